The summed E-state index contributed by atoms with van der Waals surface area (Å²) in [6.45, 7) is 5.17. The predicted octanol–water partition coefficient (Wildman–Crippen LogP) is 2.84. The Morgan fingerprint density at radius 2 is 1.95 bits per heavy atom. The smallest absolute Gasteiger partial charge is 0.161 e. The van der Waals surface area contributed by atoms with Crippen LogP contribution in [0.4, 0.5) is 0 Å². The standard InChI is InChI=1S/C17H20N2O2/c1-13-10-18-6-5-15(13)12-19-11-14-3-4-16-17(9-14)21-8-2-7-20-16/h3-6,9-10,19H,2,7-8,11-12H2,1H3. The maximum Gasteiger partial charge on any atom is 0.161 e. The average Bonchev–Trinajstić information content (AvgIpc) is 2.74. The van der Waals surface area contributed by atoms with Crippen LogP contribution in [0.3, 0.4) is 0 Å². The third kappa shape index (κ3) is 3.52. The largest absolute Gasteiger partial charge is 0.490 e. The Labute approximate surface area is 125 Å². The van der Waals surface area contributed by atoms with E-state index in [1.165, 1.54) is 16.7 Å². The first-order valence-electron chi connectivity index (χ1n) is 7.31. The van der Waals surface area contributed by atoms with E-state index in [1.807, 2.05) is 18.5 Å². The van der Waals surface area contributed by atoms with Crippen molar-refractivity contribution in [2.45, 2.75) is 26.4 Å². The molecule has 1 N–H and O–H groups in total. The molecule has 0 bridgehead atoms. The van der Waals surface area contributed by atoms with Crippen LogP contribution in [0.15, 0.2) is 36.7 Å². The summed E-state index contributed by atoms with van der Waals surface area (Å²) in [5.41, 5.74) is 3.69. The monoisotopic (exact) mass is 284 g/mol. The van der Waals surface area contributed by atoms with Crippen molar-refractivity contribution in [1.82, 2.24) is 10.3 Å². The number of hydrogen-bond acceptors (Lipinski definition) is 4. The van der Waals surface area contributed by atoms with Gasteiger partial charge in [0.15, 0.2) is 11.5 Å². The van der Waals surface area contributed by atoms with Gasteiger partial charge in [-0.05, 0) is 41.8 Å². The van der Waals surface area contributed by atoms with E-state index in [-0.39, 0.29) is 0 Å². The second-order valence-electron chi connectivity index (χ2n) is 5.24. The van der Waals surface area contributed by atoms with E-state index in [9.17, 15) is 0 Å². The lowest BCUT2D eigenvalue weighted by atomic mass is 10.1. The van der Waals surface area contributed by atoms with Crippen LogP contribution in [0.25, 0.3) is 0 Å². The Bertz CT molecular complexity index is 613. The number of pyridine rings is 1. The fraction of sp³-hybridized carbons (Fsp3) is 0.353. The van der Waals surface area contributed by atoms with Crippen LogP contribution in [0.1, 0.15) is 23.1 Å². The summed E-state index contributed by atoms with van der Waals surface area (Å²) in [4.78, 5) is 4.11. The molecule has 1 aromatic carbocycles. The molecular formula is C17H20N2O2. The predicted molar refractivity (Wildman–Crippen MR) is 81.6 cm³/mol. The molecule has 3 rings (SSSR count). The molecule has 0 spiro atoms. The van der Waals surface area contributed by atoms with Crippen molar-refractivity contribution < 1.29 is 9.47 Å². The van der Waals surface area contributed by atoms with Crippen LogP contribution in [0, 0.1) is 6.92 Å². The zero-order chi connectivity index (χ0) is 14.5. The van der Waals surface area contributed by atoms with Gasteiger partial charge < -0.3 is 14.8 Å². The van der Waals surface area contributed by atoms with Crippen LogP contribution in [0.5, 0.6) is 11.5 Å². The molecule has 1 aromatic heterocycles. The molecule has 1 aliphatic heterocycles. The first kappa shape index (κ1) is 13.9. The van der Waals surface area contributed by atoms with Gasteiger partial charge in [0.25, 0.3) is 0 Å². The summed E-state index contributed by atoms with van der Waals surface area (Å²) >= 11 is 0. The van der Waals surface area contributed by atoms with Gasteiger partial charge in [0.1, 0.15) is 0 Å². The molecule has 2 heterocycles. The Morgan fingerprint density at radius 3 is 2.81 bits per heavy atom. The van der Waals surface area contributed by atoms with Gasteiger partial charge in [-0.1, -0.05) is 6.07 Å². The highest BCUT2D eigenvalue weighted by Crippen LogP contribution is 2.30. The quantitative estimate of drug-likeness (QED) is 0.937. The number of fused-ring (bicyclic) bond motifs is 1. The molecule has 110 valence electrons. The zero-order valence-electron chi connectivity index (χ0n) is 12.3. The third-order valence-corrected chi connectivity index (χ3v) is 3.59. The van der Waals surface area contributed by atoms with E-state index >= 15 is 0 Å². The lowest BCUT2D eigenvalue weighted by Gasteiger charge is -2.11. The summed E-state index contributed by atoms with van der Waals surface area (Å²) in [5, 5.41) is 3.46. The minimum atomic E-state index is 0.722. The number of hydrogen-bond donors (Lipinski definition) is 1. The fourth-order valence-electron chi connectivity index (χ4n) is 2.36. The van der Waals surface area contributed by atoms with Crippen LogP contribution < -0.4 is 14.8 Å². The first-order valence-corrected chi connectivity index (χ1v) is 7.31. The van der Waals surface area contributed by atoms with Crippen LogP contribution in [-0.4, -0.2) is 18.2 Å². The highest BCUT2D eigenvalue weighted by Gasteiger charge is 2.10. The van der Waals surface area contributed by atoms with E-state index < -0.39 is 0 Å². The van der Waals surface area contributed by atoms with E-state index in [4.69, 9.17) is 9.47 Å². The molecule has 0 saturated carbocycles. The van der Waals surface area contributed by atoms with Crippen molar-refractivity contribution in [2.24, 2.45) is 0 Å². The zero-order valence-corrected chi connectivity index (χ0v) is 12.3. The molecule has 0 unspecified atom stereocenters. The molecule has 21 heavy (non-hydrogen) atoms. The van der Waals surface area contributed by atoms with E-state index in [2.05, 4.69) is 35.4 Å². The summed E-state index contributed by atoms with van der Waals surface area (Å²) in [6.07, 6.45) is 4.66. The topological polar surface area (TPSA) is 43.4 Å². The number of rotatable bonds is 4. The van der Waals surface area contributed by atoms with Crippen LogP contribution >= 0.6 is 0 Å². The summed E-state index contributed by atoms with van der Waals surface area (Å²) < 4.78 is 11.4. The highest BCUT2D eigenvalue weighted by atomic mass is 16.5. The molecule has 0 aliphatic carbocycles. The lowest BCUT2D eigenvalue weighted by Crippen LogP contribution is -2.13. The molecule has 0 fully saturated rings. The number of ether oxygens (including phenoxy) is 2. The van der Waals surface area contributed by atoms with Crippen LogP contribution in [-0.2, 0) is 13.1 Å². The number of aryl methyl sites for hydroxylation is 1. The second-order valence-corrected chi connectivity index (χ2v) is 5.24. The van der Waals surface area contributed by atoms with Gasteiger partial charge in [0.05, 0.1) is 13.2 Å². The molecule has 4 heteroatoms. The SMILES string of the molecule is Cc1cnccc1CNCc1ccc2c(c1)OCCCO2. The Balaban J connectivity index is 1.61. The molecule has 0 atom stereocenters. The number of nitrogens with one attached hydrogen (secondary N) is 1. The number of nitrogens with zero attached hydrogens (tertiary/aromatic N) is 1. The molecule has 0 saturated heterocycles. The van der Waals surface area contributed by atoms with Gasteiger partial charge in [0, 0.05) is 31.9 Å². The Hall–Kier alpha value is -2.07. The van der Waals surface area contributed by atoms with E-state index in [0.717, 1.165) is 44.2 Å². The molecule has 4 nitrogen and oxygen atoms in total. The van der Waals surface area contributed by atoms with Crippen molar-refractivity contribution in [3.8, 4) is 11.5 Å². The fourth-order valence-corrected chi connectivity index (χ4v) is 2.36. The summed E-state index contributed by atoms with van der Waals surface area (Å²) in [7, 11) is 0. The number of benzene rings is 1. The van der Waals surface area contributed by atoms with Gasteiger partial charge in [-0.2, -0.15) is 0 Å². The lowest BCUT2D eigenvalue weighted by molar-refractivity contribution is 0.297. The van der Waals surface area contributed by atoms with Crippen molar-refractivity contribution in [2.75, 3.05) is 13.2 Å². The maximum atomic E-state index is 5.71. The highest BCUT2D eigenvalue weighted by molar-refractivity contribution is 5.43. The van der Waals surface area contributed by atoms with Gasteiger partial charge in [0.2, 0.25) is 0 Å². The summed E-state index contributed by atoms with van der Waals surface area (Å²) in [6, 6.07) is 8.19. The molecular weight excluding hydrogens is 264 g/mol. The second kappa shape index (κ2) is 6.59. The Kier molecular flexibility index (Phi) is 4.36. The molecule has 0 amide bonds. The molecule has 0 radical (unpaired) electrons. The summed E-state index contributed by atoms with van der Waals surface area (Å²) in [5.74, 6) is 1.70. The van der Waals surface area contributed by atoms with Crippen molar-refractivity contribution in [1.29, 1.82) is 0 Å². The number of aromatic nitrogens is 1. The van der Waals surface area contributed by atoms with Crippen molar-refractivity contribution >= 4 is 0 Å². The van der Waals surface area contributed by atoms with Crippen molar-refractivity contribution in [3.63, 3.8) is 0 Å². The molecule has 1 aliphatic rings. The molecule has 2 aromatic rings. The third-order valence-electron chi connectivity index (χ3n) is 3.59. The normalized spacial score (nSPS) is 13.8. The minimum Gasteiger partial charge on any atom is -0.490 e. The first-order chi connectivity index (χ1) is 10.3. The van der Waals surface area contributed by atoms with Gasteiger partial charge in [-0.15, -0.1) is 0 Å². The Morgan fingerprint density at radius 1 is 1.10 bits per heavy atom. The van der Waals surface area contributed by atoms with E-state index in [0.29, 0.717) is 0 Å². The van der Waals surface area contributed by atoms with Crippen LogP contribution in [0.2, 0.25) is 0 Å². The van der Waals surface area contributed by atoms with E-state index in [1.54, 1.807) is 0 Å². The van der Waals surface area contributed by atoms with Gasteiger partial charge >= 0.3 is 0 Å². The maximum absolute atomic E-state index is 5.71. The van der Waals surface area contributed by atoms with Gasteiger partial charge in [-0.3, -0.25) is 4.98 Å². The van der Waals surface area contributed by atoms with Gasteiger partial charge in [-0.25, -0.2) is 0 Å². The minimum absolute atomic E-state index is 0.722. The van der Waals surface area contributed by atoms with Crippen molar-refractivity contribution in [3.05, 3.63) is 53.3 Å². The average molecular weight is 284 g/mol.